The van der Waals surface area contributed by atoms with Crippen molar-refractivity contribution in [3.8, 4) is 0 Å². The predicted octanol–water partition coefficient (Wildman–Crippen LogP) is 3.02. The number of hydrogen-bond donors (Lipinski definition) is 0. The Hall–Kier alpha value is -3.54. The standard InChI is InChI=1S/C22H16O6/c1-11(23)27-19-8-7-13-9-17-18(10-16(13)22(19)28-12(2)24)21(26)15-6-4-3-5-14(15)20(17)25/h3-10,19,22H,1-2H3. The van der Waals surface area contributed by atoms with Crippen LogP contribution in [0.5, 0.6) is 0 Å². The van der Waals surface area contributed by atoms with Gasteiger partial charge in [-0.2, -0.15) is 0 Å². The topological polar surface area (TPSA) is 86.7 Å². The summed E-state index contributed by atoms with van der Waals surface area (Å²) >= 11 is 0. The summed E-state index contributed by atoms with van der Waals surface area (Å²) in [6.07, 6.45) is 1.59. The molecule has 0 amide bonds. The van der Waals surface area contributed by atoms with Gasteiger partial charge in [-0.05, 0) is 23.8 Å². The maximum absolute atomic E-state index is 13.0. The molecular formula is C22H16O6. The predicted molar refractivity (Wildman–Crippen MR) is 98.8 cm³/mol. The first-order chi connectivity index (χ1) is 13.4. The molecule has 0 saturated heterocycles. The first-order valence-electron chi connectivity index (χ1n) is 8.76. The Bertz CT molecular complexity index is 1080. The summed E-state index contributed by atoms with van der Waals surface area (Å²) in [5, 5.41) is 0. The molecule has 140 valence electrons. The van der Waals surface area contributed by atoms with Crippen LogP contribution in [0.3, 0.4) is 0 Å². The molecule has 0 spiro atoms. The summed E-state index contributed by atoms with van der Waals surface area (Å²) in [4.78, 5) is 48.9. The highest BCUT2D eigenvalue weighted by molar-refractivity contribution is 6.28. The molecule has 0 aliphatic heterocycles. The zero-order chi connectivity index (χ0) is 20.0. The van der Waals surface area contributed by atoms with Crippen LogP contribution in [0.4, 0.5) is 0 Å². The van der Waals surface area contributed by atoms with E-state index >= 15 is 0 Å². The van der Waals surface area contributed by atoms with Gasteiger partial charge in [0.25, 0.3) is 0 Å². The van der Waals surface area contributed by atoms with Gasteiger partial charge in [0, 0.05) is 41.7 Å². The minimum absolute atomic E-state index is 0.229. The Morgan fingerprint density at radius 2 is 1.39 bits per heavy atom. The third-order valence-electron chi connectivity index (χ3n) is 4.79. The number of fused-ring (bicyclic) bond motifs is 3. The maximum Gasteiger partial charge on any atom is 0.303 e. The van der Waals surface area contributed by atoms with E-state index in [1.54, 1.807) is 48.6 Å². The van der Waals surface area contributed by atoms with E-state index < -0.39 is 24.1 Å². The lowest BCUT2D eigenvalue weighted by atomic mass is 9.80. The monoisotopic (exact) mass is 376 g/mol. The van der Waals surface area contributed by atoms with Crippen LogP contribution >= 0.6 is 0 Å². The summed E-state index contributed by atoms with van der Waals surface area (Å²) < 4.78 is 10.6. The van der Waals surface area contributed by atoms with Crippen LogP contribution in [0.2, 0.25) is 0 Å². The highest BCUT2D eigenvalue weighted by Crippen LogP contribution is 2.37. The minimum atomic E-state index is -0.897. The van der Waals surface area contributed by atoms with E-state index in [1.165, 1.54) is 13.8 Å². The summed E-state index contributed by atoms with van der Waals surface area (Å²) in [5.74, 6) is -1.57. The van der Waals surface area contributed by atoms with Crippen LogP contribution in [0.15, 0.2) is 42.5 Å². The lowest BCUT2D eigenvalue weighted by molar-refractivity contribution is -0.162. The third-order valence-corrected chi connectivity index (χ3v) is 4.79. The molecule has 2 aromatic carbocycles. The fourth-order valence-electron chi connectivity index (χ4n) is 3.65. The molecule has 0 bridgehead atoms. The van der Waals surface area contributed by atoms with Crippen LogP contribution in [0.1, 0.15) is 62.9 Å². The van der Waals surface area contributed by atoms with Crippen molar-refractivity contribution in [1.29, 1.82) is 0 Å². The van der Waals surface area contributed by atoms with Gasteiger partial charge in [0.2, 0.25) is 0 Å². The average molecular weight is 376 g/mol. The van der Waals surface area contributed by atoms with Gasteiger partial charge in [0.05, 0.1) is 0 Å². The number of carbonyl (C=O) groups is 4. The Morgan fingerprint density at radius 1 is 0.821 bits per heavy atom. The van der Waals surface area contributed by atoms with Gasteiger partial charge in [0.15, 0.2) is 23.8 Å². The fourth-order valence-corrected chi connectivity index (χ4v) is 3.65. The summed E-state index contributed by atoms with van der Waals surface area (Å²) in [6.45, 7) is 2.52. The summed E-state index contributed by atoms with van der Waals surface area (Å²) in [6, 6.07) is 9.85. The smallest absolute Gasteiger partial charge is 0.303 e. The molecule has 0 fully saturated rings. The number of hydrogen-bond acceptors (Lipinski definition) is 6. The molecule has 6 heteroatoms. The minimum Gasteiger partial charge on any atom is -0.454 e. The molecular weight excluding hydrogens is 360 g/mol. The fraction of sp³-hybridized carbons (Fsp3) is 0.182. The number of carbonyl (C=O) groups excluding carboxylic acids is 4. The second-order valence-electron chi connectivity index (χ2n) is 6.69. The van der Waals surface area contributed by atoms with Crippen LogP contribution < -0.4 is 0 Å². The number of rotatable bonds is 2. The lowest BCUT2D eigenvalue weighted by Gasteiger charge is -2.30. The SMILES string of the molecule is CC(=O)OC1C=Cc2cc3c(cc2C1OC(C)=O)C(=O)c1ccccc1C3=O. The van der Waals surface area contributed by atoms with Crippen molar-refractivity contribution in [2.75, 3.05) is 0 Å². The third kappa shape index (κ3) is 2.83. The Labute approximate surface area is 160 Å². The van der Waals surface area contributed by atoms with Crippen molar-refractivity contribution >= 4 is 29.6 Å². The van der Waals surface area contributed by atoms with E-state index in [0.717, 1.165) is 0 Å². The van der Waals surface area contributed by atoms with Crippen LogP contribution in [-0.2, 0) is 19.1 Å². The molecule has 2 aromatic rings. The molecule has 0 N–H and O–H groups in total. The van der Waals surface area contributed by atoms with E-state index in [-0.39, 0.29) is 17.1 Å². The zero-order valence-electron chi connectivity index (χ0n) is 15.2. The van der Waals surface area contributed by atoms with Gasteiger partial charge in [0.1, 0.15) is 0 Å². The van der Waals surface area contributed by atoms with Crippen LogP contribution in [0.25, 0.3) is 6.08 Å². The van der Waals surface area contributed by atoms with Gasteiger partial charge in [-0.25, -0.2) is 0 Å². The van der Waals surface area contributed by atoms with Crippen molar-refractivity contribution < 1.29 is 28.7 Å². The first kappa shape index (κ1) is 17.9. The highest BCUT2D eigenvalue weighted by atomic mass is 16.6. The van der Waals surface area contributed by atoms with E-state index in [1.807, 2.05) is 0 Å². The highest BCUT2D eigenvalue weighted by Gasteiger charge is 2.36. The molecule has 2 atom stereocenters. The molecule has 4 rings (SSSR count). The van der Waals surface area contributed by atoms with Crippen LogP contribution in [0, 0.1) is 0 Å². The molecule has 6 nitrogen and oxygen atoms in total. The largest absolute Gasteiger partial charge is 0.454 e. The average Bonchev–Trinajstić information content (AvgIpc) is 2.66. The van der Waals surface area contributed by atoms with E-state index in [9.17, 15) is 19.2 Å². The molecule has 0 saturated carbocycles. The van der Waals surface area contributed by atoms with Gasteiger partial charge in [-0.1, -0.05) is 30.3 Å². The summed E-state index contributed by atoms with van der Waals surface area (Å²) in [7, 11) is 0. The molecule has 0 aromatic heterocycles. The van der Waals surface area contributed by atoms with E-state index in [0.29, 0.717) is 27.8 Å². The molecule has 2 aliphatic rings. The first-order valence-corrected chi connectivity index (χ1v) is 8.76. The molecule has 0 radical (unpaired) electrons. The second kappa shape index (κ2) is 6.56. The molecule has 2 unspecified atom stereocenters. The van der Waals surface area contributed by atoms with Gasteiger partial charge in [-0.15, -0.1) is 0 Å². The lowest BCUT2D eigenvalue weighted by Crippen LogP contribution is -2.30. The molecule has 0 heterocycles. The Kier molecular flexibility index (Phi) is 4.19. The van der Waals surface area contributed by atoms with Crippen molar-refractivity contribution in [2.24, 2.45) is 0 Å². The Morgan fingerprint density at radius 3 is 1.96 bits per heavy atom. The Balaban J connectivity index is 1.86. The second-order valence-corrected chi connectivity index (χ2v) is 6.69. The van der Waals surface area contributed by atoms with Gasteiger partial charge < -0.3 is 9.47 Å². The maximum atomic E-state index is 13.0. The van der Waals surface area contributed by atoms with E-state index in [2.05, 4.69) is 0 Å². The van der Waals surface area contributed by atoms with Crippen molar-refractivity contribution in [1.82, 2.24) is 0 Å². The molecule has 2 aliphatic carbocycles. The number of ketones is 2. The van der Waals surface area contributed by atoms with Gasteiger partial charge in [-0.3, -0.25) is 19.2 Å². The normalized spacial score (nSPS) is 19.4. The van der Waals surface area contributed by atoms with Crippen LogP contribution in [-0.4, -0.2) is 29.6 Å². The van der Waals surface area contributed by atoms with Gasteiger partial charge >= 0.3 is 11.9 Å². The number of benzene rings is 2. The zero-order valence-corrected chi connectivity index (χ0v) is 15.2. The van der Waals surface area contributed by atoms with Crippen molar-refractivity contribution in [3.63, 3.8) is 0 Å². The molecule has 28 heavy (non-hydrogen) atoms. The number of esters is 2. The van der Waals surface area contributed by atoms with Crippen molar-refractivity contribution in [2.45, 2.75) is 26.1 Å². The number of ether oxygens (including phenoxy) is 2. The van der Waals surface area contributed by atoms with Crippen molar-refractivity contribution in [3.05, 3.63) is 75.9 Å². The van der Waals surface area contributed by atoms with E-state index in [4.69, 9.17) is 9.47 Å². The summed E-state index contributed by atoms with van der Waals surface area (Å²) in [5.41, 5.74) is 2.41. The quantitative estimate of drug-likeness (QED) is 0.639.